The van der Waals surface area contributed by atoms with E-state index in [-0.39, 0.29) is 0 Å². The monoisotopic (exact) mass is 357 g/mol. The van der Waals surface area contributed by atoms with E-state index in [1.165, 1.54) is 0 Å². The minimum absolute atomic E-state index is 0.535. The second kappa shape index (κ2) is 4.86. The van der Waals surface area contributed by atoms with Gasteiger partial charge in [-0.2, -0.15) is 0 Å². The van der Waals surface area contributed by atoms with Gasteiger partial charge in [0.25, 0.3) is 0 Å². The number of rotatable bonds is 1. The maximum Gasteiger partial charge on any atom is 0.228 e. The van der Waals surface area contributed by atoms with Gasteiger partial charge in [-0.15, -0.1) is 0 Å². The maximum absolute atomic E-state index is 6.26. The summed E-state index contributed by atoms with van der Waals surface area (Å²) in [5.74, 6) is 0.535. The Morgan fingerprint density at radius 2 is 1.86 bits per heavy atom. The van der Waals surface area contributed by atoms with Gasteiger partial charge in [0.2, 0.25) is 5.89 Å². The number of nitrogens with zero attached hydrogens (tertiary/aromatic N) is 1. The first-order valence-corrected chi connectivity index (χ1v) is 7.63. The second-order valence-electron chi connectivity index (χ2n) is 4.78. The summed E-state index contributed by atoms with van der Waals surface area (Å²) in [6.45, 7) is 0. The zero-order chi connectivity index (χ0) is 14.4. The molecule has 3 aromatic carbocycles. The Morgan fingerprint density at radius 3 is 2.76 bits per heavy atom. The number of hydrogen-bond acceptors (Lipinski definition) is 2. The summed E-state index contributed by atoms with van der Waals surface area (Å²) in [4.78, 5) is 4.64. The van der Waals surface area contributed by atoms with E-state index in [2.05, 4.69) is 27.0 Å². The molecule has 4 rings (SSSR count). The molecule has 0 aliphatic rings. The van der Waals surface area contributed by atoms with Crippen LogP contribution in [0.1, 0.15) is 0 Å². The summed E-state index contributed by atoms with van der Waals surface area (Å²) >= 11 is 9.70. The molecule has 0 saturated heterocycles. The van der Waals surface area contributed by atoms with Gasteiger partial charge in [-0.25, -0.2) is 4.98 Å². The van der Waals surface area contributed by atoms with Crippen LogP contribution in [0.15, 0.2) is 63.5 Å². The van der Waals surface area contributed by atoms with Crippen molar-refractivity contribution in [2.75, 3.05) is 0 Å². The van der Waals surface area contributed by atoms with Crippen molar-refractivity contribution in [3.05, 3.63) is 64.1 Å². The summed E-state index contributed by atoms with van der Waals surface area (Å²) in [7, 11) is 0. The van der Waals surface area contributed by atoms with Crippen molar-refractivity contribution in [1.29, 1.82) is 0 Å². The summed E-state index contributed by atoms with van der Waals surface area (Å²) in [6.07, 6.45) is 0. The van der Waals surface area contributed by atoms with Crippen molar-refractivity contribution < 1.29 is 4.42 Å². The molecule has 0 aliphatic carbocycles. The first kappa shape index (κ1) is 12.9. The third-order valence-corrected chi connectivity index (χ3v) is 4.27. The minimum atomic E-state index is 0.535. The third-order valence-electron chi connectivity index (χ3n) is 3.44. The highest BCUT2D eigenvalue weighted by molar-refractivity contribution is 9.10. The summed E-state index contributed by atoms with van der Waals surface area (Å²) in [5.41, 5.74) is 2.41. The molecule has 4 heteroatoms. The van der Waals surface area contributed by atoms with Gasteiger partial charge in [0.1, 0.15) is 5.52 Å². The fourth-order valence-electron chi connectivity index (χ4n) is 2.44. The Kier molecular flexibility index (Phi) is 2.98. The van der Waals surface area contributed by atoms with Crippen LogP contribution in [0.4, 0.5) is 0 Å². The highest BCUT2D eigenvalue weighted by atomic mass is 79.9. The van der Waals surface area contributed by atoms with Gasteiger partial charge in [-0.1, -0.05) is 57.9 Å². The molecule has 1 heterocycles. The van der Waals surface area contributed by atoms with E-state index in [4.69, 9.17) is 16.0 Å². The lowest BCUT2D eigenvalue weighted by Gasteiger charge is -1.99. The maximum atomic E-state index is 6.26. The molecule has 0 radical (unpaired) electrons. The van der Waals surface area contributed by atoms with Gasteiger partial charge >= 0.3 is 0 Å². The molecule has 21 heavy (non-hydrogen) atoms. The number of halogens is 2. The van der Waals surface area contributed by atoms with Gasteiger partial charge in [-0.05, 0) is 29.7 Å². The minimum Gasteiger partial charge on any atom is -0.436 e. The van der Waals surface area contributed by atoms with Crippen molar-refractivity contribution in [3.8, 4) is 11.5 Å². The predicted molar refractivity (Wildman–Crippen MR) is 89.7 cm³/mol. The van der Waals surface area contributed by atoms with Crippen molar-refractivity contribution in [2.24, 2.45) is 0 Å². The molecule has 102 valence electrons. The zero-order valence-corrected chi connectivity index (χ0v) is 13.1. The average Bonchev–Trinajstić information content (AvgIpc) is 2.94. The van der Waals surface area contributed by atoms with Crippen LogP contribution in [0.25, 0.3) is 33.3 Å². The van der Waals surface area contributed by atoms with Crippen LogP contribution in [-0.4, -0.2) is 4.98 Å². The molecule has 0 amide bonds. The van der Waals surface area contributed by atoms with Crippen LogP contribution >= 0.6 is 27.5 Å². The van der Waals surface area contributed by atoms with Gasteiger partial charge in [0.15, 0.2) is 5.58 Å². The van der Waals surface area contributed by atoms with Crippen LogP contribution in [0.2, 0.25) is 5.02 Å². The van der Waals surface area contributed by atoms with Crippen LogP contribution < -0.4 is 0 Å². The number of oxazole rings is 1. The van der Waals surface area contributed by atoms with Crippen LogP contribution in [0.5, 0.6) is 0 Å². The van der Waals surface area contributed by atoms with E-state index in [0.717, 1.165) is 31.9 Å². The lowest BCUT2D eigenvalue weighted by molar-refractivity contribution is 0.620. The number of fused-ring (bicyclic) bond motifs is 3. The number of hydrogen-bond donors (Lipinski definition) is 0. The highest BCUT2D eigenvalue weighted by Crippen LogP contribution is 2.34. The number of benzene rings is 3. The average molecular weight is 359 g/mol. The topological polar surface area (TPSA) is 26.0 Å². The van der Waals surface area contributed by atoms with E-state index < -0.39 is 0 Å². The molecule has 0 N–H and O–H groups in total. The van der Waals surface area contributed by atoms with E-state index in [1.54, 1.807) is 0 Å². The summed E-state index contributed by atoms with van der Waals surface area (Å²) in [5, 5.41) is 2.84. The summed E-state index contributed by atoms with van der Waals surface area (Å²) < 4.78 is 6.82. The fourth-order valence-corrected chi connectivity index (χ4v) is 3.00. The van der Waals surface area contributed by atoms with Gasteiger partial charge in [-0.3, -0.25) is 0 Å². The molecule has 0 spiro atoms. The smallest absolute Gasteiger partial charge is 0.228 e. The Hall–Kier alpha value is -1.84. The molecule has 0 fully saturated rings. The van der Waals surface area contributed by atoms with E-state index >= 15 is 0 Å². The lowest BCUT2D eigenvalue weighted by Crippen LogP contribution is -1.80. The van der Waals surface area contributed by atoms with Gasteiger partial charge in [0.05, 0.1) is 10.6 Å². The molecule has 0 bridgehead atoms. The van der Waals surface area contributed by atoms with Crippen molar-refractivity contribution in [2.45, 2.75) is 0 Å². The lowest BCUT2D eigenvalue weighted by atomic mass is 10.1. The molecular formula is C17H9BrClNO. The Balaban J connectivity index is 2.03. The van der Waals surface area contributed by atoms with Gasteiger partial charge in [0, 0.05) is 9.86 Å². The largest absolute Gasteiger partial charge is 0.436 e. The van der Waals surface area contributed by atoms with Crippen molar-refractivity contribution in [1.82, 2.24) is 4.98 Å². The molecule has 4 aromatic rings. The Bertz CT molecular complexity index is 977. The Morgan fingerprint density at radius 1 is 1.00 bits per heavy atom. The van der Waals surface area contributed by atoms with Crippen molar-refractivity contribution >= 4 is 49.4 Å². The molecule has 1 aromatic heterocycles. The third kappa shape index (κ3) is 2.13. The van der Waals surface area contributed by atoms with Crippen LogP contribution in [0, 0.1) is 0 Å². The van der Waals surface area contributed by atoms with Gasteiger partial charge < -0.3 is 4.42 Å². The number of aromatic nitrogens is 1. The molecule has 0 saturated carbocycles. The predicted octanol–water partition coefficient (Wildman–Crippen LogP) is 6.06. The van der Waals surface area contributed by atoms with E-state index in [9.17, 15) is 0 Å². The molecular weight excluding hydrogens is 350 g/mol. The SMILES string of the molecule is Clc1ccc(Br)cc1-c1nc2c(ccc3ccccc32)o1. The zero-order valence-electron chi connectivity index (χ0n) is 10.8. The molecule has 0 unspecified atom stereocenters. The second-order valence-corrected chi connectivity index (χ2v) is 6.10. The van der Waals surface area contributed by atoms with E-state index in [1.807, 2.05) is 48.5 Å². The summed E-state index contributed by atoms with van der Waals surface area (Å²) in [6, 6.07) is 17.7. The normalized spacial score (nSPS) is 11.3. The molecule has 2 nitrogen and oxygen atoms in total. The quantitative estimate of drug-likeness (QED) is 0.413. The standard InChI is InChI=1S/C17H9BrClNO/c18-11-6-7-14(19)13(9-11)17-20-16-12-4-2-1-3-10(12)5-8-15(16)21-17/h1-9H. The first-order valence-electron chi connectivity index (χ1n) is 6.46. The first-order chi connectivity index (χ1) is 10.2. The highest BCUT2D eigenvalue weighted by Gasteiger charge is 2.13. The Labute approximate surface area is 134 Å². The van der Waals surface area contributed by atoms with E-state index in [0.29, 0.717) is 10.9 Å². The fraction of sp³-hybridized carbons (Fsp3) is 0. The van der Waals surface area contributed by atoms with Crippen molar-refractivity contribution in [3.63, 3.8) is 0 Å². The van der Waals surface area contributed by atoms with Crippen LogP contribution in [0.3, 0.4) is 0 Å². The molecule has 0 aliphatic heterocycles. The molecule has 0 atom stereocenters. The van der Waals surface area contributed by atoms with Crippen LogP contribution in [-0.2, 0) is 0 Å².